The Bertz CT molecular complexity index is 226. The summed E-state index contributed by atoms with van der Waals surface area (Å²) in [5.74, 6) is 7.12. The third-order valence-corrected chi connectivity index (χ3v) is 2.57. The zero-order valence-corrected chi connectivity index (χ0v) is 9.85. The fourth-order valence-electron chi connectivity index (χ4n) is 1.62. The SMILES string of the molecule is CC(C)C#CC(C)(C)N1CCNCC1. The van der Waals surface area contributed by atoms with Crippen LogP contribution in [0.2, 0.25) is 0 Å². The molecule has 1 aliphatic heterocycles. The molecule has 0 aromatic rings. The summed E-state index contributed by atoms with van der Waals surface area (Å²) in [6.07, 6.45) is 0. The molecular weight excluding hydrogens is 172 g/mol. The molecule has 1 aliphatic rings. The van der Waals surface area contributed by atoms with Crippen LogP contribution < -0.4 is 5.32 Å². The first-order valence-corrected chi connectivity index (χ1v) is 5.51. The van der Waals surface area contributed by atoms with Crippen molar-refractivity contribution in [3.05, 3.63) is 0 Å². The summed E-state index contributed by atoms with van der Waals surface area (Å²) in [6.45, 7) is 13.1. The lowest BCUT2D eigenvalue weighted by Crippen LogP contribution is -2.52. The second-order valence-corrected chi connectivity index (χ2v) is 4.72. The topological polar surface area (TPSA) is 15.3 Å². The fraction of sp³-hybridized carbons (Fsp3) is 0.833. The minimum absolute atomic E-state index is 0.0341. The van der Waals surface area contributed by atoms with Crippen molar-refractivity contribution in [3.63, 3.8) is 0 Å². The van der Waals surface area contributed by atoms with E-state index >= 15 is 0 Å². The molecule has 0 saturated carbocycles. The van der Waals surface area contributed by atoms with Crippen molar-refractivity contribution in [2.75, 3.05) is 26.2 Å². The minimum Gasteiger partial charge on any atom is -0.314 e. The molecule has 1 heterocycles. The highest BCUT2D eigenvalue weighted by molar-refractivity contribution is 5.16. The normalized spacial score (nSPS) is 19.2. The molecule has 0 amide bonds. The molecule has 0 aliphatic carbocycles. The van der Waals surface area contributed by atoms with E-state index in [1.54, 1.807) is 0 Å². The van der Waals surface area contributed by atoms with Gasteiger partial charge in [0.2, 0.25) is 0 Å². The molecule has 0 bridgehead atoms. The molecule has 0 atom stereocenters. The molecule has 0 radical (unpaired) electrons. The summed E-state index contributed by atoms with van der Waals surface area (Å²) < 4.78 is 0. The molecule has 0 spiro atoms. The molecule has 1 rings (SSSR count). The van der Waals surface area contributed by atoms with E-state index in [0.717, 1.165) is 26.2 Å². The van der Waals surface area contributed by atoms with Gasteiger partial charge in [0.05, 0.1) is 5.54 Å². The predicted octanol–water partition coefficient (Wildman–Crippen LogP) is 1.33. The Morgan fingerprint density at radius 2 is 1.79 bits per heavy atom. The molecule has 2 nitrogen and oxygen atoms in total. The highest BCUT2D eigenvalue weighted by Gasteiger charge is 2.25. The molecule has 0 aromatic heterocycles. The predicted molar refractivity (Wildman–Crippen MR) is 61.1 cm³/mol. The van der Waals surface area contributed by atoms with Gasteiger partial charge in [-0.3, -0.25) is 4.90 Å². The Labute approximate surface area is 88.1 Å². The fourth-order valence-corrected chi connectivity index (χ4v) is 1.62. The Balaban J connectivity index is 2.59. The first kappa shape index (κ1) is 11.6. The zero-order chi connectivity index (χ0) is 10.6. The lowest BCUT2D eigenvalue weighted by molar-refractivity contribution is 0.149. The van der Waals surface area contributed by atoms with Crippen LogP contribution in [0.5, 0.6) is 0 Å². The lowest BCUT2D eigenvalue weighted by Gasteiger charge is -2.37. The second-order valence-electron chi connectivity index (χ2n) is 4.72. The molecular formula is C12H22N2. The van der Waals surface area contributed by atoms with E-state index in [4.69, 9.17) is 0 Å². The molecule has 1 fully saturated rings. The van der Waals surface area contributed by atoms with Crippen LogP contribution in [0.1, 0.15) is 27.7 Å². The van der Waals surface area contributed by atoms with E-state index < -0.39 is 0 Å². The summed E-state index contributed by atoms with van der Waals surface area (Å²) in [5.41, 5.74) is 0.0341. The number of rotatable bonds is 1. The largest absolute Gasteiger partial charge is 0.314 e. The van der Waals surface area contributed by atoms with E-state index in [-0.39, 0.29) is 5.54 Å². The quantitative estimate of drug-likeness (QED) is 0.634. The lowest BCUT2D eigenvalue weighted by atomic mass is 10.0. The molecule has 14 heavy (non-hydrogen) atoms. The maximum absolute atomic E-state index is 3.38. The number of piperazine rings is 1. The Kier molecular flexibility index (Phi) is 3.97. The van der Waals surface area contributed by atoms with E-state index in [1.165, 1.54) is 0 Å². The first-order valence-electron chi connectivity index (χ1n) is 5.51. The van der Waals surface area contributed by atoms with Gasteiger partial charge in [0.1, 0.15) is 0 Å². The first-order chi connectivity index (χ1) is 6.52. The Hall–Kier alpha value is -0.520. The van der Waals surface area contributed by atoms with E-state index in [1.807, 2.05) is 0 Å². The number of hydrogen-bond donors (Lipinski definition) is 1. The molecule has 2 heteroatoms. The molecule has 1 saturated heterocycles. The van der Waals surface area contributed by atoms with Gasteiger partial charge in [-0.1, -0.05) is 25.7 Å². The van der Waals surface area contributed by atoms with Crippen LogP contribution in [-0.2, 0) is 0 Å². The Morgan fingerprint density at radius 3 is 2.29 bits per heavy atom. The van der Waals surface area contributed by atoms with Crippen molar-refractivity contribution < 1.29 is 0 Å². The van der Waals surface area contributed by atoms with Gasteiger partial charge in [-0.2, -0.15) is 0 Å². The third kappa shape index (κ3) is 3.32. The van der Waals surface area contributed by atoms with Crippen LogP contribution >= 0.6 is 0 Å². The molecule has 1 N–H and O–H groups in total. The van der Waals surface area contributed by atoms with E-state index in [2.05, 4.69) is 49.8 Å². The van der Waals surface area contributed by atoms with Crippen molar-refractivity contribution in [1.82, 2.24) is 10.2 Å². The maximum atomic E-state index is 3.38. The standard InChI is InChI=1S/C12H22N2/c1-11(2)5-6-12(3,4)14-9-7-13-8-10-14/h11,13H,7-10H2,1-4H3. The van der Waals surface area contributed by atoms with Crippen molar-refractivity contribution in [2.45, 2.75) is 33.2 Å². The van der Waals surface area contributed by atoms with Crippen LogP contribution in [0, 0.1) is 17.8 Å². The van der Waals surface area contributed by atoms with Gasteiger partial charge in [0.15, 0.2) is 0 Å². The smallest absolute Gasteiger partial charge is 0.0769 e. The van der Waals surface area contributed by atoms with Gasteiger partial charge in [-0.05, 0) is 13.8 Å². The van der Waals surface area contributed by atoms with Crippen molar-refractivity contribution in [1.29, 1.82) is 0 Å². The summed E-state index contributed by atoms with van der Waals surface area (Å²) in [7, 11) is 0. The summed E-state index contributed by atoms with van der Waals surface area (Å²) in [5, 5.41) is 3.36. The monoisotopic (exact) mass is 194 g/mol. The molecule has 0 aromatic carbocycles. The summed E-state index contributed by atoms with van der Waals surface area (Å²) >= 11 is 0. The second kappa shape index (κ2) is 4.82. The number of nitrogens with one attached hydrogen (secondary N) is 1. The van der Waals surface area contributed by atoms with Crippen LogP contribution in [-0.4, -0.2) is 36.6 Å². The van der Waals surface area contributed by atoms with Gasteiger partial charge in [-0.25, -0.2) is 0 Å². The van der Waals surface area contributed by atoms with Crippen molar-refractivity contribution >= 4 is 0 Å². The Morgan fingerprint density at radius 1 is 1.21 bits per heavy atom. The minimum atomic E-state index is 0.0341. The highest BCUT2D eigenvalue weighted by Crippen LogP contribution is 2.13. The maximum Gasteiger partial charge on any atom is 0.0769 e. The zero-order valence-electron chi connectivity index (χ0n) is 9.85. The van der Waals surface area contributed by atoms with Crippen LogP contribution in [0.4, 0.5) is 0 Å². The average molecular weight is 194 g/mol. The van der Waals surface area contributed by atoms with Crippen molar-refractivity contribution in [3.8, 4) is 11.8 Å². The molecule has 0 unspecified atom stereocenters. The van der Waals surface area contributed by atoms with E-state index in [0.29, 0.717) is 5.92 Å². The van der Waals surface area contributed by atoms with Gasteiger partial charge in [0, 0.05) is 32.1 Å². The van der Waals surface area contributed by atoms with Gasteiger partial charge in [0.25, 0.3) is 0 Å². The van der Waals surface area contributed by atoms with Crippen LogP contribution in [0.25, 0.3) is 0 Å². The van der Waals surface area contributed by atoms with Crippen LogP contribution in [0.15, 0.2) is 0 Å². The number of nitrogens with zero attached hydrogens (tertiary/aromatic N) is 1. The highest BCUT2D eigenvalue weighted by atomic mass is 15.2. The van der Waals surface area contributed by atoms with Crippen LogP contribution in [0.3, 0.4) is 0 Å². The third-order valence-electron chi connectivity index (χ3n) is 2.57. The number of hydrogen-bond acceptors (Lipinski definition) is 2. The average Bonchev–Trinajstić information content (AvgIpc) is 2.16. The molecule has 80 valence electrons. The summed E-state index contributed by atoms with van der Waals surface area (Å²) in [4.78, 5) is 2.46. The summed E-state index contributed by atoms with van der Waals surface area (Å²) in [6, 6.07) is 0. The van der Waals surface area contributed by atoms with Gasteiger partial charge in [-0.15, -0.1) is 0 Å². The van der Waals surface area contributed by atoms with Gasteiger partial charge < -0.3 is 5.32 Å². The van der Waals surface area contributed by atoms with E-state index in [9.17, 15) is 0 Å². The van der Waals surface area contributed by atoms with Gasteiger partial charge >= 0.3 is 0 Å². The van der Waals surface area contributed by atoms with Crippen molar-refractivity contribution in [2.24, 2.45) is 5.92 Å².